The standard InChI is InChI=1S/C20H26O5/c1-12(21)25-11-19(2)8-5-9-20(3)16(19)7-6-13-14(22)10-15(24-4)18(23)17(13)20/h10,16H,5-9,11H2,1-4H3/t16-,19+,20-/m1/s1. The van der Waals surface area contributed by atoms with Crippen LogP contribution in [-0.4, -0.2) is 31.3 Å². The quantitative estimate of drug-likeness (QED) is 0.580. The van der Waals surface area contributed by atoms with E-state index in [4.69, 9.17) is 9.47 Å². The molecule has 0 unspecified atom stereocenters. The Kier molecular flexibility index (Phi) is 4.38. The molecule has 0 heterocycles. The van der Waals surface area contributed by atoms with E-state index < -0.39 is 0 Å². The van der Waals surface area contributed by atoms with E-state index in [0.717, 1.165) is 25.7 Å². The van der Waals surface area contributed by atoms with Gasteiger partial charge in [0, 0.05) is 35.0 Å². The second-order valence-corrected chi connectivity index (χ2v) is 8.06. The number of carbonyl (C=O) groups excluding carboxylic acids is 3. The monoisotopic (exact) mass is 346 g/mol. The molecule has 136 valence electrons. The van der Waals surface area contributed by atoms with Crippen molar-refractivity contribution < 1.29 is 23.9 Å². The maximum Gasteiger partial charge on any atom is 0.302 e. The van der Waals surface area contributed by atoms with Crippen LogP contribution < -0.4 is 0 Å². The van der Waals surface area contributed by atoms with E-state index in [0.29, 0.717) is 24.2 Å². The van der Waals surface area contributed by atoms with E-state index in [1.165, 1.54) is 20.1 Å². The van der Waals surface area contributed by atoms with Crippen molar-refractivity contribution in [3.05, 3.63) is 23.0 Å². The number of fused-ring (bicyclic) bond motifs is 2. The van der Waals surface area contributed by atoms with E-state index in [1.54, 1.807) is 0 Å². The van der Waals surface area contributed by atoms with Crippen LogP contribution in [0.15, 0.2) is 23.0 Å². The van der Waals surface area contributed by atoms with Gasteiger partial charge in [0.05, 0.1) is 13.7 Å². The smallest absolute Gasteiger partial charge is 0.302 e. The normalized spacial score (nSPS) is 34.9. The third-order valence-corrected chi connectivity index (χ3v) is 6.45. The molecule has 1 saturated carbocycles. The van der Waals surface area contributed by atoms with Crippen molar-refractivity contribution in [2.24, 2.45) is 16.7 Å². The molecule has 0 aromatic carbocycles. The Hall–Kier alpha value is -1.91. The number of rotatable bonds is 3. The molecule has 25 heavy (non-hydrogen) atoms. The van der Waals surface area contributed by atoms with Crippen LogP contribution in [0.5, 0.6) is 0 Å². The topological polar surface area (TPSA) is 69.7 Å². The molecule has 3 aliphatic rings. The number of Topliss-reactive ketones (excluding diaryl/α,β-unsaturated/α-hetero) is 1. The van der Waals surface area contributed by atoms with Gasteiger partial charge in [0.15, 0.2) is 11.5 Å². The summed E-state index contributed by atoms with van der Waals surface area (Å²) in [5.41, 5.74) is 0.726. The zero-order valence-electron chi connectivity index (χ0n) is 15.4. The Morgan fingerprint density at radius 1 is 1.28 bits per heavy atom. The summed E-state index contributed by atoms with van der Waals surface area (Å²) in [7, 11) is 1.43. The summed E-state index contributed by atoms with van der Waals surface area (Å²) >= 11 is 0. The summed E-state index contributed by atoms with van der Waals surface area (Å²) in [5, 5.41) is 0. The number of ketones is 2. The first kappa shape index (κ1) is 17.9. The van der Waals surface area contributed by atoms with E-state index in [2.05, 4.69) is 13.8 Å². The largest absolute Gasteiger partial charge is 0.493 e. The molecule has 5 heteroatoms. The summed E-state index contributed by atoms with van der Waals surface area (Å²) in [6, 6.07) is 0. The Morgan fingerprint density at radius 2 is 2.00 bits per heavy atom. The van der Waals surface area contributed by atoms with E-state index in [9.17, 15) is 14.4 Å². The molecule has 1 fully saturated rings. The zero-order chi connectivity index (χ0) is 18.4. The van der Waals surface area contributed by atoms with Gasteiger partial charge in [0.25, 0.3) is 0 Å². The predicted octanol–water partition coefficient (Wildman–Crippen LogP) is 3.13. The number of methoxy groups -OCH3 is 1. The van der Waals surface area contributed by atoms with Crippen LogP contribution >= 0.6 is 0 Å². The average Bonchev–Trinajstić information content (AvgIpc) is 2.55. The summed E-state index contributed by atoms with van der Waals surface area (Å²) in [5.74, 6) is -0.199. The molecular weight excluding hydrogens is 320 g/mol. The number of hydrogen-bond donors (Lipinski definition) is 0. The Labute approximate surface area is 148 Å². The molecule has 0 aliphatic heterocycles. The Balaban J connectivity index is 2.02. The van der Waals surface area contributed by atoms with Gasteiger partial charge >= 0.3 is 5.97 Å². The Morgan fingerprint density at radius 3 is 2.64 bits per heavy atom. The van der Waals surface area contributed by atoms with Crippen LogP contribution in [-0.2, 0) is 23.9 Å². The molecule has 0 aromatic rings. The highest BCUT2D eigenvalue weighted by Crippen LogP contribution is 2.60. The van der Waals surface area contributed by atoms with Crippen molar-refractivity contribution in [1.82, 2.24) is 0 Å². The molecule has 0 saturated heterocycles. The maximum atomic E-state index is 13.0. The average molecular weight is 346 g/mol. The van der Waals surface area contributed by atoms with E-state index in [-0.39, 0.29) is 40.0 Å². The van der Waals surface area contributed by atoms with Gasteiger partial charge in [-0.05, 0) is 31.6 Å². The van der Waals surface area contributed by atoms with Crippen LogP contribution in [0.1, 0.15) is 52.9 Å². The molecular formula is C20H26O5. The molecule has 0 aromatic heterocycles. The third-order valence-electron chi connectivity index (χ3n) is 6.45. The van der Waals surface area contributed by atoms with Crippen molar-refractivity contribution in [3.8, 4) is 0 Å². The minimum absolute atomic E-state index is 0.0987. The molecule has 5 nitrogen and oxygen atoms in total. The zero-order valence-corrected chi connectivity index (χ0v) is 15.4. The van der Waals surface area contributed by atoms with Gasteiger partial charge in [0.2, 0.25) is 5.78 Å². The molecule has 3 rings (SSSR count). The highest BCUT2D eigenvalue weighted by atomic mass is 16.5. The molecule has 3 atom stereocenters. The van der Waals surface area contributed by atoms with Crippen molar-refractivity contribution in [2.45, 2.75) is 52.9 Å². The fraction of sp³-hybridized carbons (Fsp3) is 0.650. The van der Waals surface area contributed by atoms with Crippen molar-refractivity contribution >= 4 is 17.5 Å². The van der Waals surface area contributed by atoms with Crippen LogP contribution in [0.25, 0.3) is 0 Å². The second-order valence-electron chi connectivity index (χ2n) is 8.06. The first-order chi connectivity index (χ1) is 11.7. The summed E-state index contributed by atoms with van der Waals surface area (Å²) < 4.78 is 10.5. The highest BCUT2D eigenvalue weighted by Gasteiger charge is 2.56. The minimum Gasteiger partial charge on any atom is -0.493 e. The van der Waals surface area contributed by atoms with Crippen molar-refractivity contribution in [3.63, 3.8) is 0 Å². The lowest BCUT2D eigenvalue weighted by Crippen LogP contribution is -2.51. The summed E-state index contributed by atoms with van der Waals surface area (Å²) in [6.07, 6.45) is 5.52. The van der Waals surface area contributed by atoms with Crippen LogP contribution in [0.3, 0.4) is 0 Å². The van der Waals surface area contributed by atoms with Crippen LogP contribution in [0.4, 0.5) is 0 Å². The van der Waals surface area contributed by atoms with Crippen molar-refractivity contribution in [1.29, 1.82) is 0 Å². The van der Waals surface area contributed by atoms with E-state index >= 15 is 0 Å². The number of ether oxygens (including phenoxy) is 2. The van der Waals surface area contributed by atoms with Gasteiger partial charge in [-0.2, -0.15) is 0 Å². The summed E-state index contributed by atoms with van der Waals surface area (Å²) in [6.45, 7) is 6.03. The van der Waals surface area contributed by atoms with Crippen LogP contribution in [0.2, 0.25) is 0 Å². The lowest BCUT2D eigenvalue weighted by atomic mass is 9.48. The SMILES string of the molecule is COC1=CC(=O)C2=C(C1=O)[C@]1(C)CCC[C@@](C)(COC(C)=O)[C@H]1CC2. The number of allylic oxidation sites excluding steroid dienone is 3. The molecule has 0 spiro atoms. The summed E-state index contributed by atoms with van der Waals surface area (Å²) in [4.78, 5) is 36.8. The fourth-order valence-electron chi connectivity index (χ4n) is 5.33. The second kappa shape index (κ2) is 6.11. The van der Waals surface area contributed by atoms with Gasteiger partial charge in [0.1, 0.15) is 0 Å². The van der Waals surface area contributed by atoms with Crippen LogP contribution in [0, 0.1) is 16.7 Å². The van der Waals surface area contributed by atoms with Gasteiger partial charge in [-0.1, -0.05) is 20.3 Å². The molecule has 0 bridgehead atoms. The fourth-order valence-corrected chi connectivity index (χ4v) is 5.33. The van der Waals surface area contributed by atoms with Gasteiger partial charge in [-0.15, -0.1) is 0 Å². The van der Waals surface area contributed by atoms with Gasteiger partial charge < -0.3 is 9.47 Å². The number of carbonyl (C=O) groups is 3. The molecule has 0 N–H and O–H groups in total. The first-order valence-electron chi connectivity index (χ1n) is 8.94. The molecule has 0 amide bonds. The minimum atomic E-state index is -0.383. The van der Waals surface area contributed by atoms with E-state index in [1.807, 2.05) is 0 Å². The molecule has 0 radical (unpaired) electrons. The Bertz CT molecular complexity index is 701. The first-order valence-corrected chi connectivity index (χ1v) is 8.94. The predicted molar refractivity (Wildman–Crippen MR) is 91.6 cm³/mol. The maximum absolute atomic E-state index is 13.0. The third kappa shape index (κ3) is 2.74. The van der Waals surface area contributed by atoms with Gasteiger partial charge in [-0.25, -0.2) is 0 Å². The highest BCUT2D eigenvalue weighted by molar-refractivity contribution is 6.22. The number of esters is 1. The lowest BCUT2D eigenvalue weighted by molar-refractivity contribution is -0.149. The van der Waals surface area contributed by atoms with Gasteiger partial charge in [-0.3, -0.25) is 14.4 Å². The number of hydrogen-bond acceptors (Lipinski definition) is 5. The molecule has 3 aliphatic carbocycles. The lowest BCUT2D eigenvalue weighted by Gasteiger charge is -2.55. The van der Waals surface area contributed by atoms with Crippen molar-refractivity contribution in [2.75, 3.05) is 13.7 Å².